The minimum Gasteiger partial charge on any atom is -0.355 e. The van der Waals surface area contributed by atoms with E-state index in [0.717, 1.165) is 61.7 Å². The number of nitrogens with one attached hydrogen (secondary N) is 1. The van der Waals surface area contributed by atoms with Crippen molar-refractivity contribution < 1.29 is 4.79 Å². The maximum absolute atomic E-state index is 12.5. The standard InChI is InChI=1S/C17H24N6OS/c1-3-4-5-15-21-22-17(25-15)18-16(24)13-8-10-23(11-9-13)14-7-6-12(2)19-20-14/h6-7,13H,3-5,8-11H2,1-2H3,(H,18,22,24). The van der Waals surface area contributed by atoms with Crippen LogP contribution in [0.25, 0.3) is 0 Å². The second-order valence-corrected chi connectivity index (χ2v) is 7.45. The van der Waals surface area contributed by atoms with Gasteiger partial charge in [-0.3, -0.25) is 4.79 Å². The van der Waals surface area contributed by atoms with Crippen LogP contribution in [0.3, 0.4) is 0 Å². The molecule has 1 N–H and O–H groups in total. The van der Waals surface area contributed by atoms with Crippen LogP contribution in [0.4, 0.5) is 10.9 Å². The number of aryl methyl sites for hydroxylation is 2. The van der Waals surface area contributed by atoms with Crippen LogP contribution >= 0.6 is 11.3 Å². The zero-order valence-corrected chi connectivity index (χ0v) is 15.6. The molecule has 1 amide bonds. The van der Waals surface area contributed by atoms with Crippen LogP contribution in [-0.2, 0) is 11.2 Å². The summed E-state index contributed by atoms with van der Waals surface area (Å²) in [4.78, 5) is 14.6. The zero-order valence-electron chi connectivity index (χ0n) is 14.7. The van der Waals surface area contributed by atoms with Crippen molar-refractivity contribution in [2.45, 2.75) is 46.0 Å². The molecule has 1 saturated heterocycles. The van der Waals surface area contributed by atoms with Crippen LogP contribution in [0.2, 0.25) is 0 Å². The summed E-state index contributed by atoms with van der Waals surface area (Å²) in [5.74, 6) is 0.944. The first kappa shape index (κ1) is 17.7. The fourth-order valence-electron chi connectivity index (χ4n) is 2.87. The second-order valence-electron chi connectivity index (χ2n) is 6.39. The number of nitrogens with zero attached hydrogens (tertiary/aromatic N) is 5. The van der Waals surface area contributed by atoms with Gasteiger partial charge >= 0.3 is 0 Å². The number of unbranched alkanes of at least 4 members (excludes halogenated alkanes) is 1. The number of carbonyl (C=O) groups excluding carboxylic acids is 1. The Hall–Kier alpha value is -2.09. The number of rotatable bonds is 6. The number of hydrogen-bond acceptors (Lipinski definition) is 7. The van der Waals surface area contributed by atoms with E-state index in [1.807, 2.05) is 19.1 Å². The first-order valence-electron chi connectivity index (χ1n) is 8.84. The molecule has 0 radical (unpaired) electrons. The number of carbonyl (C=O) groups is 1. The maximum atomic E-state index is 12.5. The summed E-state index contributed by atoms with van der Waals surface area (Å²) in [5.41, 5.74) is 0.911. The van der Waals surface area contributed by atoms with Gasteiger partial charge in [-0.1, -0.05) is 24.7 Å². The smallest absolute Gasteiger partial charge is 0.229 e. The summed E-state index contributed by atoms with van der Waals surface area (Å²) in [7, 11) is 0. The Balaban J connectivity index is 1.49. The summed E-state index contributed by atoms with van der Waals surface area (Å²) in [6.07, 6.45) is 4.78. The molecule has 2 aromatic heterocycles. The molecule has 1 aliphatic rings. The van der Waals surface area contributed by atoms with Gasteiger partial charge in [-0.25, -0.2) is 0 Å². The van der Waals surface area contributed by atoms with Crippen LogP contribution in [0.1, 0.15) is 43.3 Å². The Bertz CT molecular complexity index is 693. The van der Waals surface area contributed by atoms with Crippen molar-refractivity contribution in [2.24, 2.45) is 5.92 Å². The lowest BCUT2D eigenvalue weighted by molar-refractivity contribution is -0.120. The van der Waals surface area contributed by atoms with Crippen molar-refractivity contribution >= 4 is 28.2 Å². The minimum atomic E-state index is 0.0117. The van der Waals surface area contributed by atoms with E-state index in [2.05, 4.69) is 37.5 Å². The molecule has 0 atom stereocenters. The Morgan fingerprint density at radius 2 is 2.04 bits per heavy atom. The van der Waals surface area contributed by atoms with Gasteiger partial charge in [0.2, 0.25) is 11.0 Å². The number of amides is 1. The summed E-state index contributed by atoms with van der Waals surface area (Å²) in [5, 5.41) is 21.1. The van der Waals surface area contributed by atoms with Gasteiger partial charge in [0.15, 0.2) is 5.82 Å². The van der Waals surface area contributed by atoms with Gasteiger partial charge in [-0.05, 0) is 38.3 Å². The van der Waals surface area contributed by atoms with Crippen molar-refractivity contribution in [2.75, 3.05) is 23.3 Å². The van der Waals surface area contributed by atoms with Gasteiger partial charge in [-0.2, -0.15) is 5.10 Å². The van der Waals surface area contributed by atoms with Gasteiger partial charge in [0, 0.05) is 25.4 Å². The number of anilines is 2. The van der Waals surface area contributed by atoms with E-state index in [-0.39, 0.29) is 11.8 Å². The Labute approximate surface area is 151 Å². The first-order chi connectivity index (χ1) is 12.2. The molecule has 134 valence electrons. The SMILES string of the molecule is CCCCc1nnc(NC(=O)C2CCN(c3ccc(C)nn3)CC2)s1. The zero-order chi connectivity index (χ0) is 17.6. The van der Waals surface area contributed by atoms with Gasteiger partial charge in [-0.15, -0.1) is 15.3 Å². The molecule has 0 saturated carbocycles. The fourth-order valence-corrected chi connectivity index (χ4v) is 3.66. The molecule has 0 bridgehead atoms. The van der Waals surface area contributed by atoms with E-state index in [4.69, 9.17) is 0 Å². The molecule has 1 fully saturated rings. The third-order valence-corrected chi connectivity index (χ3v) is 5.31. The average molecular weight is 360 g/mol. The lowest BCUT2D eigenvalue weighted by atomic mass is 9.96. The molecule has 3 heterocycles. The van der Waals surface area contributed by atoms with Crippen molar-refractivity contribution in [1.82, 2.24) is 20.4 Å². The van der Waals surface area contributed by atoms with Crippen molar-refractivity contribution in [3.63, 3.8) is 0 Å². The van der Waals surface area contributed by atoms with Crippen LogP contribution in [-0.4, -0.2) is 39.4 Å². The van der Waals surface area contributed by atoms with Crippen molar-refractivity contribution in [3.05, 3.63) is 22.8 Å². The topological polar surface area (TPSA) is 83.9 Å². The number of piperidine rings is 1. The van der Waals surface area contributed by atoms with Gasteiger partial charge in [0.05, 0.1) is 5.69 Å². The molecule has 2 aromatic rings. The molecule has 7 nitrogen and oxygen atoms in total. The van der Waals surface area contributed by atoms with E-state index in [0.29, 0.717) is 5.13 Å². The highest BCUT2D eigenvalue weighted by atomic mass is 32.1. The van der Waals surface area contributed by atoms with E-state index < -0.39 is 0 Å². The first-order valence-corrected chi connectivity index (χ1v) is 9.66. The third-order valence-electron chi connectivity index (χ3n) is 4.41. The molecule has 0 aromatic carbocycles. The number of aromatic nitrogens is 4. The largest absolute Gasteiger partial charge is 0.355 e. The normalized spacial score (nSPS) is 15.4. The van der Waals surface area contributed by atoms with E-state index >= 15 is 0 Å². The summed E-state index contributed by atoms with van der Waals surface area (Å²) >= 11 is 1.48. The van der Waals surface area contributed by atoms with Crippen LogP contribution in [0, 0.1) is 12.8 Å². The Morgan fingerprint density at radius 1 is 1.24 bits per heavy atom. The lowest BCUT2D eigenvalue weighted by Gasteiger charge is -2.31. The monoisotopic (exact) mass is 360 g/mol. The summed E-state index contributed by atoms with van der Waals surface area (Å²) < 4.78 is 0. The second kappa shape index (κ2) is 8.33. The van der Waals surface area contributed by atoms with E-state index in [9.17, 15) is 4.79 Å². The molecular formula is C17H24N6OS. The maximum Gasteiger partial charge on any atom is 0.229 e. The summed E-state index contributed by atoms with van der Waals surface area (Å²) in [6.45, 7) is 5.70. The van der Waals surface area contributed by atoms with Gasteiger partial charge < -0.3 is 10.2 Å². The molecule has 0 unspecified atom stereocenters. The van der Waals surface area contributed by atoms with Crippen molar-refractivity contribution in [3.8, 4) is 0 Å². The van der Waals surface area contributed by atoms with Gasteiger partial charge in [0.1, 0.15) is 5.01 Å². The quantitative estimate of drug-likeness (QED) is 0.853. The molecule has 0 aliphatic carbocycles. The fraction of sp³-hybridized carbons (Fsp3) is 0.588. The molecule has 8 heteroatoms. The molecule has 1 aliphatic heterocycles. The number of hydrogen-bond donors (Lipinski definition) is 1. The molecular weight excluding hydrogens is 336 g/mol. The summed E-state index contributed by atoms with van der Waals surface area (Å²) in [6, 6.07) is 3.95. The lowest BCUT2D eigenvalue weighted by Crippen LogP contribution is -2.38. The Morgan fingerprint density at radius 3 is 2.72 bits per heavy atom. The molecule has 3 rings (SSSR count). The average Bonchev–Trinajstić information content (AvgIpc) is 3.08. The van der Waals surface area contributed by atoms with Crippen LogP contribution in [0.15, 0.2) is 12.1 Å². The highest BCUT2D eigenvalue weighted by Gasteiger charge is 2.26. The minimum absolute atomic E-state index is 0.0117. The molecule has 25 heavy (non-hydrogen) atoms. The van der Waals surface area contributed by atoms with E-state index in [1.54, 1.807) is 0 Å². The van der Waals surface area contributed by atoms with Crippen LogP contribution in [0.5, 0.6) is 0 Å². The van der Waals surface area contributed by atoms with Crippen molar-refractivity contribution in [1.29, 1.82) is 0 Å². The predicted molar refractivity (Wildman–Crippen MR) is 98.9 cm³/mol. The predicted octanol–water partition coefficient (Wildman–Crippen LogP) is 2.83. The molecule has 0 spiro atoms. The Kier molecular flexibility index (Phi) is 5.91. The highest BCUT2D eigenvalue weighted by molar-refractivity contribution is 7.15. The highest BCUT2D eigenvalue weighted by Crippen LogP contribution is 2.24. The third kappa shape index (κ3) is 4.72. The van der Waals surface area contributed by atoms with Crippen LogP contribution < -0.4 is 10.2 Å². The van der Waals surface area contributed by atoms with Gasteiger partial charge in [0.25, 0.3) is 0 Å². The van der Waals surface area contributed by atoms with E-state index in [1.165, 1.54) is 11.3 Å².